The van der Waals surface area contributed by atoms with Crippen LogP contribution in [0.15, 0.2) is 17.2 Å². The molecule has 0 aliphatic heterocycles. The van der Waals surface area contributed by atoms with E-state index < -0.39 is 6.17 Å². The lowest BCUT2D eigenvalue weighted by molar-refractivity contribution is 0.0288. The van der Waals surface area contributed by atoms with E-state index in [2.05, 4.69) is 15.1 Å². The van der Waals surface area contributed by atoms with Gasteiger partial charge in [-0.05, 0) is 6.92 Å². The summed E-state index contributed by atoms with van der Waals surface area (Å²) in [5.74, 6) is 0.0838. The molecule has 20 heavy (non-hydrogen) atoms. The molecule has 0 fully saturated rings. The second-order valence-electron chi connectivity index (χ2n) is 4.09. The molecule has 0 aromatic carbocycles. The van der Waals surface area contributed by atoms with E-state index in [9.17, 15) is 9.18 Å². The Morgan fingerprint density at radius 2 is 2.35 bits per heavy atom. The van der Waals surface area contributed by atoms with E-state index in [-0.39, 0.29) is 36.3 Å². The molecule has 2 rings (SSSR count). The first-order valence-electron chi connectivity index (χ1n) is 5.94. The van der Waals surface area contributed by atoms with Crippen LogP contribution in [0.1, 0.15) is 13.3 Å². The molecule has 0 spiro atoms. The van der Waals surface area contributed by atoms with E-state index in [1.54, 1.807) is 6.20 Å². The average Bonchev–Trinajstić information content (AvgIpc) is 2.84. The van der Waals surface area contributed by atoms with E-state index >= 15 is 0 Å². The first-order valence-corrected chi connectivity index (χ1v) is 5.94. The summed E-state index contributed by atoms with van der Waals surface area (Å²) in [5.41, 5.74) is 5.19. The lowest BCUT2D eigenvalue weighted by Gasteiger charge is -2.11. The van der Waals surface area contributed by atoms with Gasteiger partial charge in [0.2, 0.25) is 11.6 Å². The topological polar surface area (TPSA) is 119 Å². The van der Waals surface area contributed by atoms with Gasteiger partial charge in [-0.2, -0.15) is 0 Å². The predicted octanol–water partition coefficient (Wildman–Crippen LogP) is -0.258. The summed E-state index contributed by atoms with van der Waals surface area (Å²) >= 11 is 0. The minimum atomic E-state index is -0.901. The van der Waals surface area contributed by atoms with Crippen LogP contribution in [-0.2, 0) is 4.74 Å². The van der Waals surface area contributed by atoms with Crippen LogP contribution in [0.4, 0.5) is 10.3 Å². The summed E-state index contributed by atoms with van der Waals surface area (Å²) in [7, 11) is 1.46. The minimum Gasteiger partial charge on any atom is -0.394 e. The number of nitrogens with two attached hydrogens (primary N) is 1. The summed E-state index contributed by atoms with van der Waals surface area (Å²) in [6, 6.07) is 0. The number of aromatic nitrogens is 4. The summed E-state index contributed by atoms with van der Waals surface area (Å²) in [4.78, 5) is 17.1. The van der Waals surface area contributed by atoms with Gasteiger partial charge in [-0.15, -0.1) is 5.10 Å². The molecule has 2 aromatic heterocycles. The van der Waals surface area contributed by atoms with Gasteiger partial charge in [-0.1, -0.05) is 0 Å². The number of methoxy groups -OCH3 is 1. The molecule has 0 bridgehead atoms. The van der Waals surface area contributed by atoms with Crippen LogP contribution in [0.2, 0.25) is 0 Å². The van der Waals surface area contributed by atoms with Gasteiger partial charge < -0.3 is 15.6 Å². The number of rotatable bonds is 4. The molecule has 112 valence electrons. The van der Waals surface area contributed by atoms with Gasteiger partial charge in [-0.25, -0.2) is 13.9 Å². The van der Waals surface area contributed by atoms with E-state index in [4.69, 9.17) is 15.6 Å². The summed E-state index contributed by atoms with van der Waals surface area (Å²) < 4.78 is 18.2. The Labute approximate surface area is 114 Å². The van der Waals surface area contributed by atoms with Crippen LogP contribution >= 0.6 is 0 Å². The van der Waals surface area contributed by atoms with Crippen molar-refractivity contribution in [3.63, 3.8) is 0 Å². The standard InChI is InChI=1S/C6H13FO2.C5H5N5O/c1-5(7)3-6(4-8)9-2;6-5-8-4(11)3-7-1-2-10(3)9-5/h5-6,8H,3-4H2,1-2H3;1-2H,(H3,6,8,9,11). The van der Waals surface area contributed by atoms with E-state index in [1.165, 1.54) is 24.7 Å². The third-order valence-corrected chi connectivity index (χ3v) is 2.41. The monoisotopic (exact) mass is 287 g/mol. The van der Waals surface area contributed by atoms with Crippen molar-refractivity contribution in [2.75, 3.05) is 19.5 Å². The van der Waals surface area contributed by atoms with Gasteiger partial charge in [-0.3, -0.25) is 9.78 Å². The number of nitrogen functional groups attached to an aromatic ring is 1. The number of nitrogens with one attached hydrogen (secondary N) is 1. The molecular weight excluding hydrogens is 269 g/mol. The highest BCUT2D eigenvalue weighted by Gasteiger charge is 2.09. The normalized spacial score (nSPS) is 13.6. The Bertz CT molecular complexity index is 579. The second-order valence-corrected chi connectivity index (χ2v) is 4.09. The third-order valence-electron chi connectivity index (χ3n) is 2.41. The molecule has 2 atom stereocenters. The molecule has 4 N–H and O–H groups in total. The van der Waals surface area contributed by atoms with Crippen LogP contribution in [-0.4, -0.2) is 50.7 Å². The van der Waals surface area contributed by atoms with Gasteiger partial charge in [0.05, 0.1) is 18.9 Å². The quantitative estimate of drug-likeness (QED) is 0.713. The zero-order valence-corrected chi connectivity index (χ0v) is 11.3. The van der Waals surface area contributed by atoms with Crippen LogP contribution < -0.4 is 11.3 Å². The molecule has 0 saturated heterocycles. The number of aliphatic hydroxyl groups excluding tert-OH is 1. The van der Waals surface area contributed by atoms with Gasteiger partial charge >= 0.3 is 0 Å². The summed E-state index contributed by atoms with van der Waals surface area (Å²) in [6.45, 7) is 1.34. The number of hydrogen-bond donors (Lipinski definition) is 3. The molecule has 0 aliphatic rings. The number of nitrogens with zero attached hydrogens (tertiary/aromatic N) is 3. The van der Waals surface area contributed by atoms with Gasteiger partial charge in [0, 0.05) is 25.9 Å². The van der Waals surface area contributed by atoms with Gasteiger partial charge in [0.1, 0.15) is 0 Å². The highest BCUT2D eigenvalue weighted by atomic mass is 19.1. The zero-order valence-electron chi connectivity index (χ0n) is 11.3. The summed E-state index contributed by atoms with van der Waals surface area (Å²) in [5, 5.41) is 12.3. The minimum absolute atomic E-state index is 0.0838. The second kappa shape index (κ2) is 7.56. The van der Waals surface area contributed by atoms with Crippen molar-refractivity contribution >= 4 is 11.6 Å². The molecule has 0 aliphatic carbocycles. The van der Waals surface area contributed by atoms with Crippen LogP contribution in [0.25, 0.3) is 5.65 Å². The fourth-order valence-corrected chi connectivity index (χ4v) is 1.46. The van der Waals surface area contributed by atoms with Crippen LogP contribution in [0.3, 0.4) is 0 Å². The predicted molar refractivity (Wildman–Crippen MR) is 71.1 cm³/mol. The molecule has 2 aromatic rings. The maximum atomic E-state index is 12.1. The Morgan fingerprint density at radius 1 is 1.65 bits per heavy atom. The Kier molecular flexibility index (Phi) is 6.07. The number of anilines is 1. The first-order chi connectivity index (χ1) is 9.47. The number of aromatic amines is 1. The highest BCUT2D eigenvalue weighted by molar-refractivity contribution is 5.34. The first kappa shape index (κ1) is 16.1. The van der Waals surface area contributed by atoms with Crippen molar-refractivity contribution in [2.45, 2.75) is 25.6 Å². The van der Waals surface area contributed by atoms with Crippen LogP contribution in [0.5, 0.6) is 0 Å². The summed E-state index contributed by atoms with van der Waals surface area (Å²) in [6.07, 6.45) is 2.07. The van der Waals surface area contributed by atoms with E-state index in [0.717, 1.165) is 0 Å². The van der Waals surface area contributed by atoms with Crippen molar-refractivity contribution in [1.82, 2.24) is 19.6 Å². The maximum Gasteiger partial charge on any atom is 0.295 e. The molecule has 0 saturated carbocycles. The Morgan fingerprint density at radius 3 is 2.85 bits per heavy atom. The number of aliphatic hydroxyl groups is 1. The molecule has 8 nitrogen and oxygen atoms in total. The molecule has 2 heterocycles. The molecular formula is C11H18FN5O3. The number of H-pyrrole nitrogens is 1. The maximum absolute atomic E-state index is 12.1. The number of imidazole rings is 1. The molecule has 0 radical (unpaired) electrons. The number of alkyl halides is 1. The van der Waals surface area contributed by atoms with Gasteiger partial charge in [0.25, 0.3) is 5.56 Å². The van der Waals surface area contributed by atoms with Crippen LogP contribution in [0, 0.1) is 0 Å². The molecule has 2 unspecified atom stereocenters. The van der Waals surface area contributed by atoms with E-state index in [0.29, 0.717) is 0 Å². The number of hydrogen-bond acceptors (Lipinski definition) is 6. The lowest BCUT2D eigenvalue weighted by atomic mass is 10.2. The van der Waals surface area contributed by atoms with Crippen molar-refractivity contribution in [3.05, 3.63) is 22.7 Å². The zero-order chi connectivity index (χ0) is 15.1. The average molecular weight is 287 g/mol. The fraction of sp³-hybridized carbons (Fsp3) is 0.545. The van der Waals surface area contributed by atoms with Crippen molar-refractivity contribution in [2.24, 2.45) is 0 Å². The molecule has 0 amide bonds. The van der Waals surface area contributed by atoms with Crippen molar-refractivity contribution < 1.29 is 14.2 Å². The number of halogens is 1. The number of fused-ring (bicyclic) bond motifs is 1. The van der Waals surface area contributed by atoms with Crippen molar-refractivity contribution in [3.8, 4) is 0 Å². The highest BCUT2D eigenvalue weighted by Crippen LogP contribution is 2.03. The Balaban J connectivity index is 0.000000206. The fourth-order valence-electron chi connectivity index (χ4n) is 1.46. The Hall–Kier alpha value is -2.00. The lowest BCUT2D eigenvalue weighted by Crippen LogP contribution is -2.19. The third kappa shape index (κ3) is 4.59. The largest absolute Gasteiger partial charge is 0.394 e. The van der Waals surface area contributed by atoms with Crippen molar-refractivity contribution in [1.29, 1.82) is 0 Å². The smallest absolute Gasteiger partial charge is 0.295 e. The SMILES string of the molecule is COC(CO)CC(C)F.Nc1nn2ccnc2c(=O)[nH]1. The number of ether oxygens (including phenoxy) is 1. The van der Waals surface area contributed by atoms with E-state index in [1.807, 2.05) is 0 Å². The molecule has 9 heteroatoms. The van der Waals surface area contributed by atoms with Gasteiger partial charge in [0.15, 0.2) is 0 Å².